The van der Waals surface area contributed by atoms with Crippen molar-refractivity contribution in [2.45, 2.75) is 44.0 Å². The molecule has 0 aromatic heterocycles. The zero-order chi connectivity index (χ0) is 15.8. The Morgan fingerprint density at radius 3 is 2.76 bits per heavy atom. The first-order chi connectivity index (χ1) is 9.67. The van der Waals surface area contributed by atoms with Crippen LogP contribution in [0.4, 0.5) is 0 Å². The number of carboxylic acid groups (broad SMARTS) is 1. The van der Waals surface area contributed by atoms with Crippen LogP contribution in [0.5, 0.6) is 0 Å². The van der Waals surface area contributed by atoms with Crippen LogP contribution in [0.3, 0.4) is 0 Å². The fourth-order valence-corrected chi connectivity index (χ4v) is 4.89. The molecule has 1 aliphatic carbocycles. The van der Waals surface area contributed by atoms with E-state index >= 15 is 0 Å². The summed E-state index contributed by atoms with van der Waals surface area (Å²) in [5.41, 5.74) is -0.423. The lowest BCUT2D eigenvalue weighted by Gasteiger charge is -2.27. The molecule has 2 unspecified atom stereocenters. The van der Waals surface area contributed by atoms with Crippen molar-refractivity contribution >= 4 is 31.9 Å². The third-order valence-electron chi connectivity index (χ3n) is 4.18. The largest absolute Gasteiger partial charge is 0.481 e. The fraction of sp³-hybridized carbons (Fsp3) is 0.500. The van der Waals surface area contributed by atoms with Crippen LogP contribution in [-0.2, 0) is 14.8 Å². The lowest BCUT2D eigenvalue weighted by atomic mass is 9.85. The predicted octanol–water partition coefficient (Wildman–Crippen LogP) is 2.68. The van der Waals surface area contributed by atoms with Crippen LogP contribution >= 0.6 is 15.9 Å². The number of hydrogen-bond acceptors (Lipinski definition) is 3. The van der Waals surface area contributed by atoms with E-state index in [1.54, 1.807) is 26.0 Å². The van der Waals surface area contributed by atoms with Crippen molar-refractivity contribution < 1.29 is 18.3 Å². The van der Waals surface area contributed by atoms with Crippen LogP contribution < -0.4 is 4.72 Å². The number of sulfonamides is 1. The molecule has 116 valence electrons. The van der Waals surface area contributed by atoms with Crippen LogP contribution in [0.15, 0.2) is 27.6 Å². The van der Waals surface area contributed by atoms with Gasteiger partial charge in [0.15, 0.2) is 0 Å². The highest BCUT2D eigenvalue weighted by molar-refractivity contribution is 9.10. The van der Waals surface area contributed by atoms with E-state index in [4.69, 9.17) is 0 Å². The normalized spacial score (nSPS) is 26.0. The van der Waals surface area contributed by atoms with Crippen LogP contribution in [0, 0.1) is 12.3 Å². The van der Waals surface area contributed by atoms with E-state index in [1.807, 2.05) is 0 Å². The molecule has 1 aliphatic rings. The van der Waals surface area contributed by atoms with Gasteiger partial charge in [-0.25, -0.2) is 13.1 Å². The first-order valence-electron chi connectivity index (χ1n) is 6.69. The molecule has 2 N–H and O–H groups in total. The molecule has 0 radical (unpaired) electrons. The molecule has 0 heterocycles. The number of halogens is 1. The molecule has 0 spiro atoms. The molecule has 1 aromatic carbocycles. The highest BCUT2D eigenvalue weighted by atomic mass is 79.9. The lowest BCUT2D eigenvalue weighted by molar-refractivity contribution is -0.148. The summed E-state index contributed by atoms with van der Waals surface area (Å²) in [6.45, 7) is 3.31. The first-order valence-corrected chi connectivity index (χ1v) is 8.96. The van der Waals surface area contributed by atoms with E-state index in [0.717, 1.165) is 0 Å². The molecule has 0 aliphatic heterocycles. The molecule has 1 aromatic rings. The van der Waals surface area contributed by atoms with Crippen LogP contribution in [-0.4, -0.2) is 25.5 Å². The summed E-state index contributed by atoms with van der Waals surface area (Å²) in [5, 5.41) is 9.37. The van der Waals surface area contributed by atoms with E-state index in [0.29, 0.717) is 29.3 Å². The third kappa shape index (κ3) is 3.14. The van der Waals surface area contributed by atoms with Crippen LogP contribution in [0.25, 0.3) is 0 Å². The van der Waals surface area contributed by atoms with Crippen molar-refractivity contribution in [3.63, 3.8) is 0 Å². The van der Waals surface area contributed by atoms with E-state index in [2.05, 4.69) is 20.7 Å². The lowest BCUT2D eigenvalue weighted by Crippen LogP contribution is -2.47. The Kier molecular flexibility index (Phi) is 4.46. The average molecular weight is 376 g/mol. The summed E-state index contributed by atoms with van der Waals surface area (Å²) in [6, 6.07) is 4.43. The molecule has 21 heavy (non-hydrogen) atoms. The second-order valence-electron chi connectivity index (χ2n) is 5.70. The zero-order valence-corrected chi connectivity index (χ0v) is 14.3. The second-order valence-corrected chi connectivity index (χ2v) is 8.30. The monoisotopic (exact) mass is 375 g/mol. The van der Waals surface area contributed by atoms with Gasteiger partial charge in [-0.15, -0.1) is 0 Å². The number of hydrogen-bond donors (Lipinski definition) is 2. The van der Waals surface area contributed by atoms with Gasteiger partial charge in [-0.1, -0.05) is 28.4 Å². The summed E-state index contributed by atoms with van der Waals surface area (Å²) in [6.07, 6.45) is 1.72. The van der Waals surface area contributed by atoms with Crippen LogP contribution in [0.2, 0.25) is 0 Å². The van der Waals surface area contributed by atoms with Crippen molar-refractivity contribution in [1.29, 1.82) is 0 Å². The number of carboxylic acids is 1. The maximum absolute atomic E-state index is 12.5. The summed E-state index contributed by atoms with van der Waals surface area (Å²) in [5.74, 6) is -0.960. The number of rotatable bonds is 4. The third-order valence-corrected chi connectivity index (χ3v) is 6.29. The molecule has 1 saturated carbocycles. The van der Waals surface area contributed by atoms with E-state index in [-0.39, 0.29) is 4.90 Å². The van der Waals surface area contributed by atoms with Crippen molar-refractivity contribution in [3.05, 3.63) is 28.2 Å². The molecular formula is C14H18BrNO4S. The summed E-state index contributed by atoms with van der Waals surface area (Å²) >= 11 is 3.26. The van der Waals surface area contributed by atoms with Crippen LogP contribution in [0.1, 0.15) is 31.7 Å². The van der Waals surface area contributed by atoms with E-state index in [9.17, 15) is 18.3 Å². The zero-order valence-electron chi connectivity index (χ0n) is 11.9. The fourth-order valence-electron chi connectivity index (χ4n) is 2.73. The maximum Gasteiger partial charge on any atom is 0.310 e. The molecule has 7 heteroatoms. The van der Waals surface area contributed by atoms with Crippen molar-refractivity contribution in [1.82, 2.24) is 4.72 Å². The number of aliphatic carboxylic acids is 1. The van der Waals surface area contributed by atoms with Gasteiger partial charge >= 0.3 is 5.97 Å². The van der Waals surface area contributed by atoms with Crippen molar-refractivity contribution in [2.24, 2.45) is 5.41 Å². The SMILES string of the molecule is Cc1ccc(Br)cc1S(=O)(=O)NC1CCCC1(C)C(=O)O. The summed E-state index contributed by atoms with van der Waals surface area (Å²) in [4.78, 5) is 11.6. The molecular weight excluding hydrogens is 358 g/mol. The highest BCUT2D eigenvalue weighted by Gasteiger charge is 2.47. The van der Waals surface area contributed by atoms with Gasteiger partial charge in [-0.05, 0) is 44.4 Å². The number of aryl methyl sites for hydroxylation is 1. The Bertz CT molecular complexity index is 674. The Balaban J connectivity index is 2.34. The Morgan fingerprint density at radius 2 is 2.14 bits per heavy atom. The first kappa shape index (κ1) is 16.5. The number of carbonyl (C=O) groups is 1. The molecule has 2 rings (SSSR count). The van der Waals surface area contributed by atoms with Gasteiger partial charge in [-0.2, -0.15) is 0 Å². The maximum atomic E-state index is 12.5. The average Bonchev–Trinajstić information content (AvgIpc) is 2.74. The smallest absolute Gasteiger partial charge is 0.310 e. The highest BCUT2D eigenvalue weighted by Crippen LogP contribution is 2.39. The van der Waals surface area contributed by atoms with Gasteiger partial charge < -0.3 is 5.11 Å². The molecule has 2 atom stereocenters. The minimum Gasteiger partial charge on any atom is -0.481 e. The summed E-state index contributed by atoms with van der Waals surface area (Å²) in [7, 11) is -3.74. The quantitative estimate of drug-likeness (QED) is 0.847. The minimum absolute atomic E-state index is 0.177. The van der Waals surface area contributed by atoms with Crippen molar-refractivity contribution in [2.75, 3.05) is 0 Å². The minimum atomic E-state index is -3.74. The van der Waals surface area contributed by atoms with Crippen molar-refractivity contribution in [3.8, 4) is 0 Å². The Morgan fingerprint density at radius 1 is 1.48 bits per heavy atom. The molecule has 0 amide bonds. The molecule has 1 fully saturated rings. The van der Waals surface area contributed by atoms with Gasteiger partial charge in [0, 0.05) is 10.5 Å². The molecule has 0 bridgehead atoms. The van der Waals surface area contributed by atoms with Gasteiger partial charge in [0.05, 0.1) is 10.3 Å². The molecule has 5 nitrogen and oxygen atoms in total. The van der Waals surface area contributed by atoms with Gasteiger partial charge in [-0.3, -0.25) is 4.79 Å². The van der Waals surface area contributed by atoms with Gasteiger partial charge in [0.1, 0.15) is 0 Å². The number of nitrogens with one attached hydrogen (secondary N) is 1. The Hall–Kier alpha value is -0.920. The number of benzene rings is 1. The van der Waals surface area contributed by atoms with E-state index < -0.39 is 27.4 Å². The predicted molar refractivity (Wildman–Crippen MR) is 82.6 cm³/mol. The second kappa shape index (κ2) is 5.70. The topological polar surface area (TPSA) is 83.5 Å². The van der Waals surface area contributed by atoms with Gasteiger partial charge in [0.2, 0.25) is 10.0 Å². The summed E-state index contributed by atoms with van der Waals surface area (Å²) < 4.78 is 28.3. The van der Waals surface area contributed by atoms with E-state index in [1.165, 1.54) is 6.07 Å². The van der Waals surface area contributed by atoms with Gasteiger partial charge in [0.25, 0.3) is 0 Å². The Labute approximate surface area is 132 Å². The standard InChI is InChI=1S/C14H18BrNO4S/c1-9-5-6-10(15)8-11(9)21(19,20)16-12-4-3-7-14(12,2)13(17)18/h5-6,8,12,16H,3-4,7H2,1-2H3,(H,17,18). The molecule has 0 saturated heterocycles.